The number of H-pyrrole nitrogens is 1. The molecule has 0 aliphatic rings. The molecule has 0 aliphatic carbocycles. The number of thiophene rings is 1. The summed E-state index contributed by atoms with van der Waals surface area (Å²) < 4.78 is 0. The zero-order valence-electron chi connectivity index (χ0n) is 8.73. The van der Waals surface area contributed by atoms with Crippen LogP contribution in [0.5, 0.6) is 0 Å². The minimum absolute atomic E-state index is 0.0623. The summed E-state index contributed by atoms with van der Waals surface area (Å²) in [5, 5.41) is 15.5. The standard InChI is InChI=1S/C9H11N5OS/c1-2-6-3-4-7(16-6)5-10-9(15)8-11-13-14-12-8/h3-4H,2,5H2,1H3,(H,10,15)(H,11,12,13,14). The normalized spacial score (nSPS) is 10.3. The highest BCUT2D eigenvalue weighted by Crippen LogP contribution is 2.16. The molecule has 0 saturated carbocycles. The molecular weight excluding hydrogens is 226 g/mol. The predicted octanol–water partition coefficient (Wildman–Crippen LogP) is 0.754. The van der Waals surface area contributed by atoms with E-state index in [1.54, 1.807) is 11.3 Å². The summed E-state index contributed by atoms with van der Waals surface area (Å²) in [5.41, 5.74) is 0. The second-order valence-corrected chi connectivity index (χ2v) is 4.39. The molecule has 0 saturated heterocycles. The molecule has 0 bridgehead atoms. The highest BCUT2D eigenvalue weighted by molar-refractivity contribution is 7.11. The fourth-order valence-electron chi connectivity index (χ4n) is 1.21. The highest BCUT2D eigenvalue weighted by Gasteiger charge is 2.10. The van der Waals surface area contributed by atoms with Gasteiger partial charge in [0.15, 0.2) is 0 Å². The summed E-state index contributed by atoms with van der Waals surface area (Å²) in [4.78, 5) is 13.9. The molecule has 0 atom stereocenters. The third-order valence-corrected chi connectivity index (χ3v) is 3.27. The molecule has 2 aromatic rings. The summed E-state index contributed by atoms with van der Waals surface area (Å²) in [7, 11) is 0. The van der Waals surface area contributed by atoms with Crippen LogP contribution >= 0.6 is 11.3 Å². The molecular formula is C9H11N5OS. The Morgan fingerprint density at radius 2 is 2.31 bits per heavy atom. The lowest BCUT2D eigenvalue weighted by Crippen LogP contribution is -2.23. The number of rotatable bonds is 4. The van der Waals surface area contributed by atoms with Gasteiger partial charge in [0, 0.05) is 9.75 Å². The first kappa shape index (κ1) is 10.7. The Kier molecular flexibility index (Phi) is 3.25. The van der Waals surface area contributed by atoms with Gasteiger partial charge >= 0.3 is 0 Å². The second kappa shape index (κ2) is 4.84. The fraction of sp³-hybridized carbons (Fsp3) is 0.333. The van der Waals surface area contributed by atoms with E-state index < -0.39 is 0 Å². The number of tetrazole rings is 1. The molecule has 16 heavy (non-hydrogen) atoms. The van der Waals surface area contributed by atoms with Crippen LogP contribution in [0.25, 0.3) is 0 Å². The van der Waals surface area contributed by atoms with E-state index in [0.717, 1.165) is 11.3 Å². The molecule has 0 aliphatic heterocycles. The van der Waals surface area contributed by atoms with Gasteiger partial charge in [-0.25, -0.2) is 0 Å². The maximum Gasteiger partial charge on any atom is 0.293 e. The van der Waals surface area contributed by atoms with Crippen LogP contribution in [0.15, 0.2) is 12.1 Å². The van der Waals surface area contributed by atoms with Crippen molar-refractivity contribution in [3.05, 3.63) is 27.7 Å². The first-order valence-electron chi connectivity index (χ1n) is 4.89. The molecule has 0 spiro atoms. The number of nitrogens with one attached hydrogen (secondary N) is 2. The maximum absolute atomic E-state index is 11.5. The van der Waals surface area contributed by atoms with Crippen molar-refractivity contribution in [2.45, 2.75) is 19.9 Å². The quantitative estimate of drug-likeness (QED) is 0.822. The van der Waals surface area contributed by atoms with Gasteiger partial charge in [-0.1, -0.05) is 6.92 Å². The first-order chi connectivity index (χ1) is 7.79. The van der Waals surface area contributed by atoms with Gasteiger partial charge in [-0.05, 0) is 23.8 Å². The van der Waals surface area contributed by atoms with Crippen LogP contribution in [0.3, 0.4) is 0 Å². The predicted molar refractivity (Wildman–Crippen MR) is 59.0 cm³/mol. The molecule has 0 radical (unpaired) electrons. The van der Waals surface area contributed by atoms with E-state index >= 15 is 0 Å². The van der Waals surface area contributed by atoms with Crippen LogP contribution in [0, 0.1) is 0 Å². The van der Waals surface area contributed by atoms with Crippen LogP contribution in [0.2, 0.25) is 0 Å². The lowest BCUT2D eigenvalue weighted by atomic mass is 10.3. The smallest absolute Gasteiger partial charge is 0.293 e. The molecule has 0 fully saturated rings. The third kappa shape index (κ3) is 2.43. The van der Waals surface area contributed by atoms with Crippen molar-refractivity contribution in [1.82, 2.24) is 25.9 Å². The molecule has 2 N–H and O–H groups in total. The monoisotopic (exact) mass is 237 g/mol. The number of nitrogens with zero attached hydrogens (tertiary/aromatic N) is 3. The number of carbonyl (C=O) groups is 1. The Hall–Kier alpha value is -1.76. The lowest BCUT2D eigenvalue weighted by Gasteiger charge is -1.98. The van der Waals surface area contributed by atoms with E-state index in [1.807, 2.05) is 6.07 Å². The molecule has 2 aromatic heterocycles. The van der Waals surface area contributed by atoms with Gasteiger partial charge in [0.1, 0.15) is 0 Å². The first-order valence-corrected chi connectivity index (χ1v) is 5.70. The van der Waals surface area contributed by atoms with Crippen LogP contribution in [0.1, 0.15) is 27.3 Å². The maximum atomic E-state index is 11.5. The van der Waals surface area contributed by atoms with E-state index in [-0.39, 0.29) is 11.7 Å². The van der Waals surface area contributed by atoms with Crippen molar-refractivity contribution in [2.75, 3.05) is 0 Å². The SMILES string of the molecule is CCc1ccc(CNC(=O)c2nn[nH]n2)s1. The van der Waals surface area contributed by atoms with Crippen LogP contribution < -0.4 is 5.32 Å². The van der Waals surface area contributed by atoms with Crippen LogP contribution in [-0.4, -0.2) is 26.5 Å². The zero-order valence-corrected chi connectivity index (χ0v) is 9.54. The van der Waals surface area contributed by atoms with E-state index in [2.05, 4.69) is 38.9 Å². The molecule has 2 rings (SSSR count). The van der Waals surface area contributed by atoms with E-state index in [9.17, 15) is 4.79 Å². The second-order valence-electron chi connectivity index (χ2n) is 3.14. The summed E-state index contributed by atoms with van der Waals surface area (Å²) in [6, 6.07) is 4.08. The number of carbonyl (C=O) groups excluding carboxylic acids is 1. The number of aromatic amines is 1. The van der Waals surface area contributed by atoms with E-state index in [4.69, 9.17) is 0 Å². The van der Waals surface area contributed by atoms with Crippen LogP contribution in [0.4, 0.5) is 0 Å². The minimum atomic E-state index is -0.319. The topological polar surface area (TPSA) is 83.6 Å². The van der Waals surface area contributed by atoms with Gasteiger partial charge in [0.25, 0.3) is 11.7 Å². The number of aryl methyl sites for hydroxylation is 1. The van der Waals surface area contributed by atoms with Gasteiger partial charge in [-0.2, -0.15) is 5.21 Å². The summed E-state index contributed by atoms with van der Waals surface area (Å²) in [6.45, 7) is 2.60. The van der Waals surface area contributed by atoms with E-state index in [1.165, 1.54) is 4.88 Å². The number of hydrogen-bond donors (Lipinski definition) is 2. The molecule has 1 amide bonds. The highest BCUT2D eigenvalue weighted by atomic mass is 32.1. The average Bonchev–Trinajstić information content (AvgIpc) is 2.96. The van der Waals surface area contributed by atoms with Gasteiger partial charge in [0.05, 0.1) is 6.54 Å². The Bertz CT molecular complexity index is 464. The van der Waals surface area contributed by atoms with Gasteiger partial charge in [-0.15, -0.1) is 21.5 Å². The molecule has 6 nitrogen and oxygen atoms in total. The number of hydrogen-bond acceptors (Lipinski definition) is 5. The summed E-state index contributed by atoms with van der Waals surface area (Å²) >= 11 is 1.69. The van der Waals surface area contributed by atoms with Crippen molar-refractivity contribution in [3.8, 4) is 0 Å². The molecule has 0 aromatic carbocycles. The number of aromatic nitrogens is 4. The molecule has 0 unspecified atom stereocenters. The fourth-order valence-corrected chi connectivity index (χ4v) is 2.11. The summed E-state index contributed by atoms with van der Waals surface area (Å²) in [6.07, 6.45) is 1.02. The largest absolute Gasteiger partial charge is 0.344 e. The van der Waals surface area contributed by atoms with E-state index in [0.29, 0.717) is 6.54 Å². The Morgan fingerprint density at radius 1 is 1.50 bits per heavy atom. The molecule has 7 heteroatoms. The van der Waals surface area contributed by atoms with Crippen molar-refractivity contribution in [3.63, 3.8) is 0 Å². The minimum Gasteiger partial charge on any atom is -0.344 e. The zero-order chi connectivity index (χ0) is 11.4. The Balaban J connectivity index is 1.90. The summed E-state index contributed by atoms with van der Waals surface area (Å²) in [5.74, 6) is -0.257. The van der Waals surface area contributed by atoms with Crippen molar-refractivity contribution in [1.29, 1.82) is 0 Å². The van der Waals surface area contributed by atoms with Gasteiger partial charge < -0.3 is 5.32 Å². The Morgan fingerprint density at radius 3 is 2.94 bits per heavy atom. The molecule has 84 valence electrons. The third-order valence-electron chi connectivity index (χ3n) is 2.04. The molecule has 2 heterocycles. The van der Waals surface area contributed by atoms with Gasteiger partial charge in [0.2, 0.25) is 0 Å². The van der Waals surface area contributed by atoms with Crippen LogP contribution in [-0.2, 0) is 13.0 Å². The number of amides is 1. The van der Waals surface area contributed by atoms with Gasteiger partial charge in [-0.3, -0.25) is 4.79 Å². The lowest BCUT2D eigenvalue weighted by molar-refractivity contribution is 0.0941. The van der Waals surface area contributed by atoms with Crippen molar-refractivity contribution in [2.24, 2.45) is 0 Å². The Labute approximate surface area is 96.1 Å². The van der Waals surface area contributed by atoms with Crippen molar-refractivity contribution < 1.29 is 4.79 Å². The average molecular weight is 237 g/mol. The van der Waals surface area contributed by atoms with Crippen molar-refractivity contribution >= 4 is 17.2 Å².